The SMILES string of the molecule is Cc1ccc2nc3c(cc(C(=O)NCCN4CCOCC4)c(=N)n3CC3CCCO3)c(=O)n2c1. The third-order valence-corrected chi connectivity index (χ3v) is 6.53. The number of hydrogen-bond donors (Lipinski definition) is 2. The van der Waals surface area contributed by atoms with Gasteiger partial charge < -0.3 is 19.4 Å². The van der Waals surface area contributed by atoms with Crippen LogP contribution in [0.5, 0.6) is 0 Å². The number of amides is 1. The van der Waals surface area contributed by atoms with Crippen LogP contribution in [0, 0.1) is 12.3 Å². The molecule has 34 heavy (non-hydrogen) atoms. The number of rotatable bonds is 6. The minimum absolute atomic E-state index is 0.0373. The maximum Gasteiger partial charge on any atom is 0.267 e. The number of nitrogens with one attached hydrogen (secondary N) is 2. The predicted molar refractivity (Wildman–Crippen MR) is 126 cm³/mol. The lowest BCUT2D eigenvalue weighted by atomic mass is 10.1. The van der Waals surface area contributed by atoms with E-state index in [4.69, 9.17) is 19.9 Å². The van der Waals surface area contributed by atoms with Gasteiger partial charge in [-0.05, 0) is 37.5 Å². The Hall–Kier alpha value is -3.08. The first-order valence-electron chi connectivity index (χ1n) is 11.8. The second kappa shape index (κ2) is 9.65. The van der Waals surface area contributed by atoms with Crippen molar-refractivity contribution in [2.75, 3.05) is 46.0 Å². The first-order chi connectivity index (χ1) is 16.5. The van der Waals surface area contributed by atoms with Crippen LogP contribution in [0.4, 0.5) is 0 Å². The van der Waals surface area contributed by atoms with E-state index < -0.39 is 0 Å². The quantitative estimate of drug-likeness (QED) is 0.517. The van der Waals surface area contributed by atoms with E-state index in [9.17, 15) is 9.59 Å². The highest BCUT2D eigenvalue weighted by molar-refractivity contribution is 5.96. The summed E-state index contributed by atoms with van der Waals surface area (Å²) >= 11 is 0. The fraction of sp³-hybridized carbons (Fsp3) is 0.500. The summed E-state index contributed by atoms with van der Waals surface area (Å²) in [5.41, 5.74) is 1.79. The van der Waals surface area contributed by atoms with E-state index in [1.807, 2.05) is 13.0 Å². The third kappa shape index (κ3) is 4.48. The number of morpholine rings is 1. The molecule has 1 unspecified atom stereocenters. The Balaban J connectivity index is 1.53. The summed E-state index contributed by atoms with van der Waals surface area (Å²) in [6, 6.07) is 5.20. The van der Waals surface area contributed by atoms with Crippen LogP contribution in [-0.4, -0.2) is 76.9 Å². The van der Waals surface area contributed by atoms with Crippen molar-refractivity contribution in [2.24, 2.45) is 0 Å². The summed E-state index contributed by atoms with van der Waals surface area (Å²) in [7, 11) is 0. The standard InChI is InChI=1S/C24H30N6O4/c1-16-4-5-20-27-22-19(24(32)29(20)14-16)13-18(21(25)30(22)15-17-3-2-10-34-17)23(31)26-6-7-28-8-11-33-12-9-28/h4-5,13-14,17,25H,2-3,6-12,15H2,1H3,(H,26,31). The van der Waals surface area contributed by atoms with Gasteiger partial charge >= 0.3 is 0 Å². The molecule has 1 atom stereocenters. The molecule has 0 bridgehead atoms. The Morgan fingerprint density at radius 1 is 1.26 bits per heavy atom. The van der Waals surface area contributed by atoms with Gasteiger partial charge in [-0.15, -0.1) is 0 Å². The van der Waals surface area contributed by atoms with E-state index in [2.05, 4.69) is 10.2 Å². The fourth-order valence-electron chi connectivity index (χ4n) is 4.63. The van der Waals surface area contributed by atoms with Crippen molar-refractivity contribution >= 4 is 22.6 Å². The van der Waals surface area contributed by atoms with Crippen LogP contribution < -0.4 is 16.4 Å². The monoisotopic (exact) mass is 466 g/mol. The molecule has 1 amide bonds. The molecule has 10 heteroatoms. The largest absolute Gasteiger partial charge is 0.379 e. The lowest BCUT2D eigenvalue weighted by Crippen LogP contribution is -2.42. The van der Waals surface area contributed by atoms with Gasteiger partial charge in [0.25, 0.3) is 11.5 Å². The molecule has 180 valence electrons. The van der Waals surface area contributed by atoms with Gasteiger partial charge in [0.05, 0.1) is 36.8 Å². The Kier molecular flexibility index (Phi) is 6.44. The van der Waals surface area contributed by atoms with Crippen LogP contribution in [0.1, 0.15) is 28.8 Å². The molecule has 0 aromatic carbocycles. The van der Waals surface area contributed by atoms with Crippen LogP contribution in [0.25, 0.3) is 16.7 Å². The molecular weight excluding hydrogens is 436 g/mol. The Labute approximate surface area is 196 Å². The number of nitrogens with zero attached hydrogens (tertiary/aromatic N) is 4. The highest BCUT2D eigenvalue weighted by Crippen LogP contribution is 2.17. The Morgan fingerprint density at radius 3 is 2.85 bits per heavy atom. The van der Waals surface area contributed by atoms with Gasteiger partial charge in [-0.2, -0.15) is 0 Å². The normalized spacial score (nSPS) is 19.1. The van der Waals surface area contributed by atoms with Crippen molar-refractivity contribution in [3.05, 3.63) is 51.4 Å². The fourth-order valence-corrected chi connectivity index (χ4v) is 4.63. The third-order valence-electron chi connectivity index (χ3n) is 6.53. The highest BCUT2D eigenvalue weighted by atomic mass is 16.5. The molecule has 2 aliphatic heterocycles. The summed E-state index contributed by atoms with van der Waals surface area (Å²) in [6.45, 7) is 7.20. The number of carbonyl (C=O) groups is 1. The van der Waals surface area contributed by atoms with Crippen molar-refractivity contribution < 1.29 is 14.3 Å². The summed E-state index contributed by atoms with van der Waals surface area (Å²) in [5.74, 6) is -0.366. The summed E-state index contributed by atoms with van der Waals surface area (Å²) < 4.78 is 14.3. The van der Waals surface area contributed by atoms with E-state index in [-0.39, 0.29) is 28.6 Å². The molecule has 10 nitrogen and oxygen atoms in total. The minimum Gasteiger partial charge on any atom is -0.379 e. The maximum atomic E-state index is 13.4. The summed E-state index contributed by atoms with van der Waals surface area (Å²) in [6.07, 6.45) is 3.49. The molecule has 3 aromatic heterocycles. The van der Waals surface area contributed by atoms with Crippen molar-refractivity contribution in [3.8, 4) is 0 Å². The predicted octanol–water partition coefficient (Wildman–Crippen LogP) is 0.678. The van der Waals surface area contributed by atoms with Gasteiger partial charge in [-0.25, -0.2) is 4.98 Å². The average Bonchev–Trinajstić information content (AvgIpc) is 3.35. The second-order valence-corrected chi connectivity index (χ2v) is 8.95. The zero-order chi connectivity index (χ0) is 23.7. The molecule has 0 aliphatic carbocycles. The minimum atomic E-state index is -0.366. The Bertz CT molecular complexity index is 1340. The van der Waals surface area contributed by atoms with E-state index in [0.29, 0.717) is 56.1 Å². The lowest BCUT2D eigenvalue weighted by Gasteiger charge is -2.26. The molecular formula is C24H30N6O4. The number of pyridine rings is 2. The number of hydrogen-bond acceptors (Lipinski definition) is 7. The van der Waals surface area contributed by atoms with E-state index >= 15 is 0 Å². The number of fused-ring (bicyclic) bond motifs is 2. The first-order valence-corrected chi connectivity index (χ1v) is 11.8. The molecule has 3 aromatic rings. The lowest BCUT2D eigenvalue weighted by molar-refractivity contribution is 0.0383. The van der Waals surface area contributed by atoms with Gasteiger partial charge in [0.15, 0.2) is 0 Å². The molecule has 0 spiro atoms. The van der Waals surface area contributed by atoms with Crippen LogP contribution in [0.15, 0.2) is 29.2 Å². The number of aryl methyl sites for hydroxylation is 1. The van der Waals surface area contributed by atoms with Crippen LogP contribution >= 0.6 is 0 Å². The van der Waals surface area contributed by atoms with Crippen molar-refractivity contribution in [2.45, 2.75) is 32.4 Å². The second-order valence-electron chi connectivity index (χ2n) is 8.95. The molecule has 2 aliphatic rings. The number of ether oxygens (including phenoxy) is 2. The summed E-state index contributed by atoms with van der Waals surface area (Å²) in [5, 5.41) is 12.1. The average molecular weight is 467 g/mol. The topological polar surface area (TPSA) is 114 Å². The van der Waals surface area contributed by atoms with Crippen molar-refractivity contribution in [1.29, 1.82) is 5.41 Å². The first kappa shape index (κ1) is 22.7. The van der Waals surface area contributed by atoms with Crippen molar-refractivity contribution in [1.82, 2.24) is 24.2 Å². The van der Waals surface area contributed by atoms with E-state index in [1.165, 1.54) is 10.5 Å². The number of aromatic nitrogens is 3. The van der Waals surface area contributed by atoms with Crippen LogP contribution in [0.3, 0.4) is 0 Å². The van der Waals surface area contributed by atoms with E-state index in [1.54, 1.807) is 16.8 Å². The molecule has 2 fully saturated rings. The van der Waals surface area contributed by atoms with Crippen molar-refractivity contribution in [3.63, 3.8) is 0 Å². The van der Waals surface area contributed by atoms with Crippen LogP contribution in [0.2, 0.25) is 0 Å². The zero-order valence-corrected chi connectivity index (χ0v) is 19.4. The highest BCUT2D eigenvalue weighted by Gasteiger charge is 2.22. The van der Waals surface area contributed by atoms with Gasteiger partial charge in [0.2, 0.25) is 0 Å². The molecule has 5 rings (SSSR count). The molecule has 2 saturated heterocycles. The molecule has 2 N–H and O–H groups in total. The molecule has 5 heterocycles. The Morgan fingerprint density at radius 2 is 2.09 bits per heavy atom. The van der Waals surface area contributed by atoms with Gasteiger partial charge in [0, 0.05) is 39.0 Å². The molecule has 0 radical (unpaired) electrons. The van der Waals surface area contributed by atoms with Gasteiger partial charge in [0.1, 0.15) is 16.8 Å². The smallest absolute Gasteiger partial charge is 0.267 e. The van der Waals surface area contributed by atoms with E-state index in [0.717, 1.165) is 31.5 Å². The van der Waals surface area contributed by atoms with Crippen LogP contribution in [-0.2, 0) is 16.0 Å². The van der Waals surface area contributed by atoms with Gasteiger partial charge in [-0.1, -0.05) is 6.07 Å². The van der Waals surface area contributed by atoms with Gasteiger partial charge in [-0.3, -0.25) is 24.3 Å². The zero-order valence-electron chi connectivity index (χ0n) is 19.4. The maximum absolute atomic E-state index is 13.4. The molecule has 0 saturated carbocycles. The summed E-state index contributed by atoms with van der Waals surface area (Å²) in [4.78, 5) is 33.5. The number of carbonyl (C=O) groups excluding carboxylic acids is 1.